The van der Waals surface area contributed by atoms with Crippen molar-refractivity contribution in [3.8, 4) is 5.75 Å². The standard InChI is InChI=1S/C22H27N3O4/c1-5-25(6-2)20(26)14-29-16-9-10-19-18(12-16)21(15(3)24(19)4)22(27)23-13-17-8-7-11-28-17/h7-12H,5-6,13-14H2,1-4H3,(H,23,27). The summed E-state index contributed by atoms with van der Waals surface area (Å²) in [5.74, 6) is 1.01. The van der Waals surface area contributed by atoms with Crippen LogP contribution in [-0.4, -0.2) is 41.0 Å². The molecule has 29 heavy (non-hydrogen) atoms. The average Bonchev–Trinajstić information content (AvgIpc) is 3.32. The summed E-state index contributed by atoms with van der Waals surface area (Å²) in [4.78, 5) is 26.8. The number of nitrogens with zero attached hydrogens (tertiary/aromatic N) is 2. The number of nitrogens with one attached hydrogen (secondary N) is 1. The van der Waals surface area contributed by atoms with Gasteiger partial charge in [0.05, 0.1) is 18.4 Å². The highest BCUT2D eigenvalue weighted by Gasteiger charge is 2.19. The summed E-state index contributed by atoms with van der Waals surface area (Å²) in [5.41, 5.74) is 2.37. The molecule has 2 heterocycles. The van der Waals surface area contributed by atoms with E-state index in [0.29, 0.717) is 36.7 Å². The quantitative estimate of drug-likeness (QED) is 0.633. The van der Waals surface area contributed by atoms with Gasteiger partial charge in [0.2, 0.25) is 0 Å². The van der Waals surface area contributed by atoms with Crippen LogP contribution in [0.15, 0.2) is 41.0 Å². The zero-order valence-corrected chi connectivity index (χ0v) is 17.3. The van der Waals surface area contributed by atoms with Crippen LogP contribution in [-0.2, 0) is 18.4 Å². The molecule has 1 aromatic carbocycles. The maximum atomic E-state index is 12.9. The number of fused-ring (bicyclic) bond motifs is 1. The van der Waals surface area contributed by atoms with Gasteiger partial charge in [0.25, 0.3) is 11.8 Å². The van der Waals surface area contributed by atoms with E-state index >= 15 is 0 Å². The van der Waals surface area contributed by atoms with Gasteiger partial charge in [0, 0.05) is 36.7 Å². The molecule has 0 spiro atoms. The molecule has 0 unspecified atom stereocenters. The smallest absolute Gasteiger partial charge is 0.260 e. The number of aryl methyl sites for hydroxylation is 1. The topological polar surface area (TPSA) is 76.7 Å². The van der Waals surface area contributed by atoms with Gasteiger partial charge in [-0.1, -0.05) is 0 Å². The molecular weight excluding hydrogens is 370 g/mol. The SMILES string of the molecule is CCN(CC)C(=O)COc1ccc2c(c1)c(C(=O)NCc1ccco1)c(C)n2C. The molecule has 0 bridgehead atoms. The van der Waals surface area contributed by atoms with Crippen LogP contribution >= 0.6 is 0 Å². The van der Waals surface area contributed by atoms with Crippen LogP contribution in [0.25, 0.3) is 10.9 Å². The molecule has 7 heteroatoms. The van der Waals surface area contributed by atoms with E-state index in [4.69, 9.17) is 9.15 Å². The maximum absolute atomic E-state index is 12.9. The highest BCUT2D eigenvalue weighted by molar-refractivity contribution is 6.08. The minimum atomic E-state index is -0.180. The molecule has 154 valence electrons. The zero-order valence-electron chi connectivity index (χ0n) is 17.3. The third kappa shape index (κ3) is 4.29. The monoisotopic (exact) mass is 397 g/mol. The van der Waals surface area contributed by atoms with Gasteiger partial charge in [-0.25, -0.2) is 0 Å². The average molecular weight is 397 g/mol. The Morgan fingerprint density at radius 1 is 1.21 bits per heavy atom. The molecule has 2 aromatic heterocycles. The van der Waals surface area contributed by atoms with E-state index in [1.807, 2.05) is 56.7 Å². The lowest BCUT2D eigenvalue weighted by Gasteiger charge is -2.18. The number of likely N-dealkylation sites (N-methyl/N-ethyl adjacent to an activating group) is 1. The van der Waals surface area contributed by atoms with Crippen molar-refractivity contribution in [2.75, 3.05) is 19.7 Å². The number of hydrogen-bond donors (Lipinski definition) is 1. The first-order valence-electron chi connectivity index (χ1n) is 9.76. The van der Waals surface area contributed by atoms with Crippen LogP contribution in [0.3, 0.4) is 0 Å². The summed E-state index contributed by atoms with van der Waals surface area (Å²) in [5, 5.41) is 3.69. The normalized spacial score (nSPS) is 10.9. The lowest BCUT2D eigenvalue weighted by Crippen LogP contribution is -2.34. The van der Waals surface area contributed by atoms with Gasteiger partial charge in [-0.2, -0.15) is 0 Å². The number of carbonyl (C=O) groups is 2. The number of carbonyl (C=O) groups excluding carboxylic acids is 2. The Balaban J connectivity index is 1.82. The first-order chi connectivity index (χ1) is 14.0. The number of rotatable bonds is 8. The zero-order chi connectivity index (χ0) is 21.0. The van der Waals surface area contributed by atoms with Gasteiger partial charge in [-0.3, -0.25) is 9.59 Å². The Hall–Kier alpha value is -3.22. The van der Waals surface area contributed by atoms with E-state index in [0.717, 1.165) is 16.6 Å². The van der Waals surface area contributed by atoms with Crippen molar-refractivity contribution in [2.24, 2.45) is 7.05 Å². The third-order valence-electron chi connectivity index (χ3n) is 5.17. The second-order valence-electron chi connectivity index (χ2n) is 6.82. The Labute approximate surface area is 170 Å². The van der Waals surface area contributed by atoms with E-state index in [2.05, 4.69) is 5.32 Å². The highest BCUT2D eigenvalue weighted by Crippen LogP contribution is 2.29. The first-order valence-corrected chi connectivity index (χ1v) is 9.76. The van der Waals surface area contributed by atoms with Gasteiger partial charge >= 0.3 is 0 Å². The van der Waals surface area contributed by atoms with Crippen molar-refractivity contribution in [3.05, 3.63) is 53.6 Å². The first kappa shape index (κ1) is 20.5. The van der Waals surface area contributed by atoms with Gasteiger partial charge in [-0.15, -0.1) is 0 Å². The third-order valence-corrected chi connectivity index (χ3v) is 5.17. The number of aromatic nitrogens is 1. The molecule has 3 rings (SSSR count). The molecule has 0 aliphatic rings. The molecule has 0 saturated carbocycles. The number of benzene rings is 1. The molecule has 0 fully saturated rings. The van der Waals surface area contributed by atoms with E-state index in [9.17, 15) is 9.59 Å². The van der Waals surface area contributed by atoms with Gasteiger partial charge in [0.15, 0.2) is 6.61 Å². The van der Waals surface area contributed by atoms with Crippen molar-refractivity contribution in [1.82, 2.24) is 14.8 Å². The lowest BCUT2D eigenvalue weighted by atomic mass is 10.1. The van der Waals surface area contributed by atoms with Crippen molar-refractivity contribution >= 4 is 22.7 Å². The summed E-state index contributed by atoms with van der Waals surface area (Å²) >= 11 is 0. The van der Waals surface area contributed by atoms with Crippen LogP contribution in [0.2, 0.25) is 0 Å². The van der Waals surface area contributed by atoms with Crippen LogP contribution in [0.5, 0.6) is 5.75 Å². The fourth-order valence-corrected chi connectivity index (χ4v) is 3.41. The molecule has 0 aliphatic heterocycles. The van der Waals surface area contributed by atoms with Crippen molar-refractivity contribution in [3.63, 3.8) is 0 Å². The second-order valence-corrected chi connectivity index (χ2v) is 6.82. The van der Waals surface area contributed by atoms with Gasteiger partial charge < -0.3 is 23.9 Å². The Morgan fingerprint density at radius 2 is 1.97 bits per heavy atom. The van der Waals surface area contributed by atoms with Crippen molar-refractivity contribution in [1.29, 1.82) is 0 Å². The van der Waals surface area contributed by atoms with Crippen LogP contribution < -0.4 is 10.1 Å². The fraction of sp³-hybridized carbons (Fsp3) is 0.364. The molecular formula is C22H27N3O4. The molecule has 1 N–H and O–H groups in total. The summed E-state index contributed by atoms with van der Waals surface area (Å²) in [6.07, 6.45) is 1.58. The van der Waals surface area contributed by atoms with Crippen LogP contribution in [0.4, 0.5) is 0 Å². The van der Waals surface area contributed by atoms with Gasteiger partial charge in [0.1, 0.15) is 11.5 Å². The maximum Gasteiger partial charge on any atom is 0.260 e. The summed E-state index contributed by atoms with van der Waals surface area (Å²) in [6.45, 7) is 7.37. The number of hydrogen-bond acceptors (Lipinski definition) is 4. The summed E-state index contributed by atoms with van der Waals surface area (Å²) in [7, 11) is 1.92. The van der Waals surface area contributed by atoms with Crippen molar-refractivity contribution in [2.45, 2.75) is 27.3 Å². The van der Waals surface area contributed by atoms with Crippen LogP contribution in [0.1, 0.15) is 35.7 Å². The Morgan fingerprint density at radius 3 is 2.62 bits per heavy atom. The number of ether oxygens (including phenoxy) is 1. The molecule has 0 aliphatic carbocycles. The van der Waals surface area contributed by atoms with Crippen molar-refractivity contribution < 1.29 is 18.7 Å². The fourth-order valence-electron chi connectivity index (χ4n) is 3.41. The number of furan rings is 1. The van der Waals surface area contributed by atoms with E-state index in [-0.39, 0.29) is 18.4 Å². The van der Waals surface area contributed by atoms with E-state index in [1.165, 1.54) is 0 Å². The predicted octanol–water partition coefficient (Wildman–Crippen LogP) is 3.26. The lowest BCUT2D eigenvalue weighted by molar-refractivity contribution is -0.132. The van der Waals surface area contributed by atoms with E-state index in [1.54, 1.807) is 17.2 Å². The number of amides is 2. The van der Waals surface area contributed by atoms with E-state index < -0.39 is 0 Å². The molecule has 0 atom stereocenters. The minimum absolute atomic E-state index is 0.0287. The molecule has 3 aromatic rings. The van der Waals surface area contributed by atoms with Gasteiger partial charge in [-0.05, 0) is 51.1 Å². The summed E-state index contributed by atoms with van der Waals surface area (Å²) in [6, 6.07) is 9.15. The predicted molar refractivity (Wildman–Crippen MR) is 111 cm³/mol. The largest absolute Gasteiger partial charge is 0.484 e. The minimum Gasteiger partial charge on any atom is -0.484 e. The Bertz CT molecular complexity index is 1000. The van der Waals surface area contributed by atoms with Crippen LogP contribution in [0, 0.1) is 6.92 Å². The second kappa shape index (κ2) is 8.86. The molecule has 7 nitrogen and oxygen atoms in total. The molecule has 2 amide bonds. The Kier molecular flexibility index (Phi) is 6.26. The highest BCUT2D eigenvalue weighted by atomic mass is 16.5. The molecule has 0 saturated heterocycles. The summed E-state index contributed by atoms with van der Waals surface area (Å²) < 4.78 is 13.0. The molecule has 0 radical (unpaired) electrons.